The summed E-state index contributed by atoms with van der Waals surface area (Å²) in [7, 11) is 0. The Hall–Kier alpha value is -2.63. The zero-order valence-electron chi connectivity index (χ0n) is 11.1. The maximum absolute atomic E-state index is 13.6. The maximum atomic E-state index is 13.6. The van der Waals surface area contributed by atoms with Gasteiger partial charge in [0.15, 0.2) is 17.4 Å². The SMILES string of the molecule is Cc1ccc([N+](=O)[O-])c(C(=O)Cc2cccc(F)c2F)c1. The Labute approximate surface area is 119 Å². The molecule has 0 aliphatic heterocycles. The van der Waals surface area contributed by atoms with Crippen LogP contribution in [0.2, 0.25) is 0 Å². The lowest BCUT2D eigenvalue weighted by Gasteiger charge is -2.05. The van der Waals surface area contributed by atoms with E-state index in [0.29, 0.717) is 5.56 Å². The average molecular weight is 291 g/mol. The van der Waals surface area contributed by atoms with E-state index in [9.17, 15) is 23.7 Å². The van der Waals surface area contributed by atoms with Crippen LogP contribution in [-0.4, -0.2) is 10.7 Å². The van der Waals surface area contributed by atoms with Crippen molar-refractivity contribution >= 4 is 11.5 Å². The van der Waals surface area contributed by atoms with E-state index >= 15 is 0 Å². The number of hydrogen-bond donors (Lipinski definition) is 0. The molecule has 0 amide bonds. The lowest BCUT2D eigenvalue weighted by Crippen LogP contribution is -2.09. The van der Waals surface area contributed by atoms with Gasteiger partial charge in [-0.15, -0.1) is 0 Å². The molecule has 2 aromatic rings. The fourth-order valence-electron chi connectivity index (χ4n) is 1.99. The van der Waals surface area contributed by atoms with E-state index in [1.807, 2.05) is 0 Å². The van der Waals surface area contributed by atoms with Gasteiger partial charge in [-0.25, -0.2) is 8.78 Å². The van der Waals surface area contributed by atoms with Crippen molar-refractivity contribution in [2.24, 2.45) is 0 Å². The van der Waals surface area contributed by atoms with Crippen molar-refractivity contribution in [3.05, 3.63) is 74.8 Å². The van der Waals surface area contributed by atoms with Crippen molar-refractivity contribution < 1.29 is 18.5 Å². The van der Waals surface area contributed by atoms with Crippen LogP contribution >= 0.6 is 0 Å². The standard InChI is InChI=1S/C15H11F2NO3/c1-9-5-6-13(18(20)21)11(7-9)14(19)8-10-3-2-4-12(16)15(10)17/h2-7H,8H2,1H3. The smallest absolute Gasteiger partial charge is 0.280 e. The van der Waals surface area contributed by atoms with Crippen LogP contribution in [0.5, 0.6) is 0 Å². The molecule has 0 unspecified atom stereocenters. The summed E-state index contributed by atoms with van der Waals surface area (Å²) in [5, 5.41) is 10.9. The number of ketones is 1. The number of nitrogens with zero attached hydrogens (tertiary/aromatic N) is 1. The molecule has 108 valence electrons. The minimum Gasteiger partial charge on any atom is -0.294 e. The molecule has 2 aromatic carbocycles. The van der Waals surface area contributed by atoms with E-state index in [-0.39, 0.29) is 16.8 Å². The van der Waals surface area contributed by atoms with Crippen molar-refractivity contribution in [2.75, 3.05) is 0 Å². The molecule has 0 aromatic heterocycles. The van der Waals surface area contributed by atoms with E-state index < -0.39 is 28.8 Å². The predicted octanol–water partition coefficient (Wildman–Crippen LogP) is 3.61. The summed E-state index contributed by atoms with van der Waals surface area (Å²) in [4.78, 5) is 22.4. The van der Waals surface area contributed by atoms with Gasteiger partial charge in [0.2, 0.25) is 0 Å². The monoisotopic (exact) mass is 291 g/mol. The Morgan fingerprint density at radius 1 is 1.24 bits per heavy atom. The third kappa shape index (κ3) is 3.10. The predicted molar refractivity (Wildman–Crippen MR) is 72.2 cm³/mol. The first-order chi connectivity index (χ1) is 9.90. The zero-order chi connectivity index (χ0) is 15.6. The molecule has 21 heavy (non-hydrogen) atoms. The molecular weight excluding hydrogens is 280 g/mol. The molecular formula is C15H11F2NO3. The first-order valence-corrected chi connectivity index (χ1v) is 6.11. The molecule has 0 spiro atoms. The summed E-state index contributed by atoms with van der Waals surface area (Å²) < 4.78 is 26.7. The fourth-order valence-corrected chi connectivity index (χ4v) is 1.99. The molecule has 0 fully saturated rings. The van der Waals surface area contributed by atoms with Crippen LogP contribution in [0.3, 0.4) is 0 Å². The number of nitro benzene ring substituents is 1. The van der Waals surface area contributed by atoms with Gasteiger partial charge in [0.25, 0.3) is 5.69 Å². The minimum atomic E-state index is -1.11. The second-order valence-electron chi connectivity index (χ2n) is 4.59. The highest BCUT2D eigenvalue weighted by Gasteiger charge is 2.21. The van der Waals surface area contributed by atoms with Gasteiger partial charge in [-0.1, -0.05) is 18.2 Å². The number of Topliss-reactive ketones (excluding diaryl/α,β-unsaturated/α-hetero) is 1. The lowest BCUT2D eigenvalue weighted by atomic mass is 9.99. The Morgan fingerprint density at radius 2 is 1.95 bits per heavy atom. The second-order valence-corrected chi connectivity index (χ2v) is 4.59. The van der Waals surface area contributed by atoms with Gasteiger partial charge in [-0.05, 0) is 30.2 Å². The minimum absolute atomic E-state index is 0.108. The van der Waals surface area contributed by atoms with Crippen LogP contribution in [0.4, 0.5) is 14.5 Å². The zero-order valence-corrected chi connectivity index (χ0v) is 11.1. The van der Waals surface area contributed by atoms with Crippen molar-refractivity contribution in [1.82, 2.24) is 0 Å². The number of halogens is 2. The average Bonchev–Trinajstić information content (AvgIpc) is 2.43. The van der Waals surface area contributed by atoms with E-state index in [2.05, 4.69) is 0 Å². The first-order valence-electron chi connectivity index (χ1n) is 6.11. The fraction of sp³-hybridized carbons (Fsp3) is 0.133. The first kappa shape index (κ1) is 14.8. The number of carbonyl (C=O) groups excluding carboxylic acids is 1. The summed E-state index contributed by atoms with van der Waals surface area (Å²) in [5.41, 5.74) is 0.0885. The summed E-state index contributed by atoms with van der Waals surface area (Å²) in [6.45, 7) is 1.68. The summed E-state index contributed by atoms with van der Waals surface area (Å²) in [5.74, 6) is -2.80. The Balaban J connectivity index is 2.39. The van der Waals surface area contributed by atoms with Crippen LogP contribution < -0.4 is 0 Å². The Morgan fingerprint density at radius 3 is 2.62 bits per heavy atom. The van der Waals surface area contributed by atoms with Crippen LogP contribution in [0.1, 0.15) is 21.5 Å². The molecule has 2 rings (SSSR count). The molecule has 0 saturated heterocycles. The third-order valence-electron chi connectivity index (χ3n) is 3.03. The van der Waals surface area contributed by atoms with Crippen molar-refractivity contribution in [1.29, 1.82) is 0 Å². The van der Waals surface area contributed by atoms with Gasteiger partial charge in [0.05, 0.1) is 10.5 Å². The third-order valence-corrected chi connectivity index (χ3v) is 3.03. The molecule has 0 bridgehead atoms. The number of aryl methyl sites for hydroxylation is 1. The van der Waals surface area contributed by atoms with Gasteiger partial charge < -0.3 is 0 Å². The van der Waals surface area contributed by atoms with Crippen molar-refractivity contribution in [3.63, 3.8) is 0 Å². The van der Waals surface area contributed by atoms with E-state index in [0.717, 1.165) is 6.07 Å². The van der Waals surface area contributed by atoms with Crippen LogP contribution in [-0.2, 0) is 6.42 Å². The molecule has 0 heterocycles. The molecule has 0 radical (unpaired) electrons. The lowest BCUT2D eigenvalue weighted by molar-refractivity contribution is -0.385. The quantitative estimate of drug-likeness (QED) is 0.491. The van der Waals surface area contributed by atoms with Crippen molar-refractivity contribution in [3.8, 4) is 0 Å². The number of rotatable bonds is 4. The normalized spacial score (nSPS) is 10.4. The highest BCUT2D eigenvalue weighted by molar-refractivity contribution is 6.01. The number of benzene rings is 2. The summed E-state index contributed by atoms with van der Waals surface area (Å²) in [6, 6.07) is 7.61. The Bertz CT molecular complexity index is 729. The molecule has 0 aliphatic rings. The highest BCUT2D eigenvalue weighted by atomic mass is 19.2. The van der Waals surface area contributed by atoms with Crippen molar-refractivity contribution in [2.45, 2.75) is 13.3 Å². The van der Waals surface area contributed by atoms with Crippen LogP contribution in [0.15, 0.2) is 36.4 Å². The number of nitro groups is 1. The summed E-state index contributed by atoms with van der Waals surface area (Å²) >= 11 is 0. The van der Waals surface area contributed by atoms with Gasteiger partial charge in [-0.2, -0.15) is 0 Å². The number of hydrogen-bond acceptors (Lipinski definition) is 3. The van der Waals surface area contributed by atoms with Gasteiger partial charge in [-0.3, -0.25) is 14.9 Å². The van der Waals surface area contributed by atoms with Crippen LogP contribution in [0.25, 0.3) is 0 Å². The largest absolute Gasteiger partial charge is 0.294 e. The number of carbonyl (C=O) groups is 1. The van der Waals surface area contributed by atoms with E-state index in [1.165, 1.54) is 30.3 Å². The van der Waals surface area contributed by atoms with Gasteiger partial charge >= 0.3 is 0 Å². The highest BCUT2D eigenvalue weighted by Crippen LogP contribution is 2.22. The topological polar surface area (TPSA) is 60.2 Å². The second kappa shape index (κ2) is 5.78. The van der Waals surface area contributed by atoms with Crippen LogP contribution in [0, 0.1) is 28.7 Å². The molecule has 0 saturated carbocycles. The molecule has 0 aliphatic carbocycles. The van der Waals surface area contributed by atoms with Gasteiger partial charge in [0, 0.05) is 12.5 Å². The molecule has 0 N–H and O–H groups in total. The molecule has 6 heteroatoms. The molecule has 4 nitrogen and oxygen atoms in total. The summed E-state index contributed by atoms with van der Waals surface area (Å²) in [6.07, 6.45) is -0.437. The van der Waals surface area contributed by atoms with E-state index in [1.54, 1.807) is 6.92 Å². The molecule has 0 atom stereocenters. The Kier molecular flexibility index (Phi) is 4.07. The van der Waals surface area contributed by atoms with Gasteiger partial charge in [0.1, 0.15) is 0 Å². The van der Waals surface area contributed by atoms with E-state index in [4.69, 9.17) is 0 Å². The maximum Gasteiger partial charge on any atom is 0.280 e.